The monoisotopic (exact) mass is 434 g/mol. The van der Waals surface area contributed by atoms with E-state index in [1.54, 1.807) is 6.20 Å². The highest BCUT2D eigenvalue weighted by Gasteiger charge is 2.21. The van der Waals surface area contributed by atoms with E-state index in [0.29, 0.717) is 18.5 Å². The van der Waals surface area contributed by atoms with Crippen LogP contribution in [0.1, 0.15) is 24.0 Å². The molecule has 3 heterocycles. The number of fused-ring (bicyclic) bond motifs is 2. The van der Waals surface area contributed by atoms with Gasteiger partial charge in [-0.2, -0.15) is 5.10 Å². The average Bonchev–Trinajstić information content (AvgIpc) is 2.80. The van der Waals surface area contributed by atoms with Crippen molar-refractivity contribution in [2.45, 2.75) is 44.6 Å². The first-order chi connectivity index (χ1) is 15.6. The van der Waals surface area contributed by atoms with Crippen molar-refractivity contribution in [1.29, 1.82) is 0 Å². The Morgan fingerprint density at radius 2 is 1.94 bits per heavy atom. The fraction of sp³-hybridized carbons (Fsp3) is 0.440. The summed E-state index contributed by atoms with van der Waals surface area (Å²) in [7, 11) is 0. The molecular formula is C25H30N4O3. The van der Waals surface area contributed by atoms with E-state index in [2.05, 4.69) is 39.2 Å². The maximum absolute atomic E-state index is 13.0. The van der Waals surface area contributed by atoms with Crippen molar-refractivity contribution in [2.75, 3.05) is 31.1 Å². The fourth-order valence-corrected chi connectivity index (χ4v) is 4.96. The molecule has 0 spiro atoms. The summed E-state index contributed by atoms with van der Waals surface area (Å²) in [6, 6.07) is 14.2. The normalized spacial score (nSPS) is 20.3. The zero-order valence-electron chi connectivity index (χ0n) is 18.2. The van der Waals surface area contributed by atoms with Crippen LogP contribution < -0.4 is 10.5 Å². The van der Waals surface area contributed by atoms with Gasteiger partial charge in [0.1, 0.15) is 0 Å². The van der Waals surface area contributed by atoms with Gasteiger partial charge >= 0.3 is 0 Å². The smallest absolute Gasteiger partial charge is 0.274 e. The zero-order chi connectivity index (χ0) is 22.1. The molecule has 0 saturated carbocycles. The number of β-amino-alcohol motifs (C(OH)–C–C–N with tert-alkyl or cyclic N) is 2. The molecule has 1 fully saturated rings. The van der Waals surface area contributed by atoms with Gasteiger partial charge in [-0.05, 0) is 48.6 Å². The molecule has 2 aliphatic heterocycles. The third-order valence-electron chi connectivity index (χ3n) is 6.66. The highest BCUT2D eigenvalue weighted by molar-refractivity contribution is 5.84. The van der Waals surface area contributed by atoms with Crippen molar-refractivity contribution in [3.8, 4) is 0 Å². The Kier molecular flexibility index (Phi) is 5.95. The minimum atomic E-state index is -0.669. The highest BCUT2D eigenvalue weighted by Crippen LogP contribution is 2.23. The van der Waals surface area contributed by atoms with Crippen molar-refractivity contribution < 1.29 is 10.2 Å². The quantitative estimate of drug-likeness (QED) is 0.637. The molecule has 5 rings (SSSR count). The maximum atomic E-state index is 13.0. The van der Waals surface area contributed by atoms with Gasteiger partial charge in [-0.1, -0.05) is 24.3 Å². The van der Waals surface area contributed by atoms with Crippen LogP contribution in [0, 0.1) is 0 Å². The number of hydrogen-bond acceptors (Lipinski definition) is 6. The third kappa shape index (κ3) is 4.41. The Balaban J connectivity index is 1.27. The average molecular weight is 435 g/mol. The summed E-state index contributed by atoms with van der Waals surface area (Å²) in [6.07, 6.45) is 3.50. The standard InChI is InChI=1S/C25H30N4O3/c30-22-6-3-10-28(16-22)21-7-8-24-20(12-21)13-26-29(25(24)32)17-23(31)15-27-11-9-18-4-1-2-5-19(18)14-27/h1-2,4-5,7-8,12-13,22-23,30-31H,3,6,9-11,14-17H2/t22?,23-/m1/s1. The molecule has 7 heteroatoms. The number of aliphatic hydroxyl groups excluding tert-OH is 2. The summed E-state index contributed by atoms with van der Waals surface area (Å²) >= 11 is 0. The first-order valence-corrected chi connectivity index (χ1v) is 11.5. The Morgan fingerprint density at radius 3 is 2.78 bits per heavy atom. The van der Waals surface area contributed by atoms with Crippen LogP contribution in [-0.4, -0.2) is 63.3 Å². The van der Waals surface area contributed by atoms with E-state index in [1.165, 1.54) is 15.8 Å². The van der Waals surface area contributed by atoms with E-state index in [9.17, 15) is 15.0 Å². The van der Waals surface area contributed by atoms with Crippen LogP contribution in [0.5, 0.6) is 0 Å². The molecule has 3 aromatic rings. The molecule has 0 amide bonds. The summed E-state index contributed by atoms with van der Waals surface area (Å²) in [5.74, 6) is 0. The van der Waals surface area contributed by atoms with Crippen LogP contribution >= 0.6 is 0 Å². The van der Waals surface area contributed by atoms with Gasteiger partial charge in [0.2, 0.25) is 0 Å². The number of anilines is 1. The summed E-state index contributed by atoms with van der Waals surface area (Å²) in [4.78, 5) is 17.4. The van der Waals surface area contributed by atoms with Gasteiger partial charge in [0.05, 0.1) is 30.3 Å². The van der Waals surface area contributed by atoms with Gasteiger partial charge in [0.15, 0.2) is 0 Å². The third-order valence-corrected chi connectivity index (χ3v) is 6.66. The van der Waals surface area contributed by atoms with E-state index < -0.39 is 6.10 Å². The summed E-state index contributed by atoms with van der Waals surface area (Å²) in [6.45, 7) is 3.93. The van der Waals surface area contributed by atoms with E-state index in [0.717, 1.165) is 50.0 Å². The molecule has 1 saturated heterocycles. The number of piperidine rings is 1. The molecule has 7 nitrogen and oxygen atoms in total. The van der Waals surface area contributed by atoms with Gasteiger partial charge < -0.3 is 15.1 Å². The minimum absolute atomic E-state index is 0.174. The van der Waals surface area contributed by atoms with Crippen LogP contribution in [0.3, 0.4) is 0 Å². The summed E-state index contributed by atoms with van der Waals surface area (Å²) < 4.78 is 1.37. The Morgan fingerprint density at radius 1 is 1.09 bits per heavy atom. The van der Waals surface area contributed by atoms with Gasteiger partial charge in [-0.25, -0.2) is 4.68 Å². The van der Waals surface area contributed by atoms with Gasteiger partial charge in [0, 0.05) is 43.8 Å². The zero-order valence-corrected chi connectivity index (χ0v) is 18.2. The molecule has 2 N–H and O–H groups in total. The Bertz CT molecular complexity index is 1160. The molecule has 32 heavy (non-hydrogen) atoms. The minimum Gasteiger partial charge on any atom is -0.391 e. The number of aliphatic hydroxyl groups is 2. The van der Waals surface area contributed by atoms with Crippen molar-refractivity contribution in [3.05, 3.63) is 70.1 Å². The summed E-state index contributed by atoms with van der Waals surface area (Å²) in [5, 5.41) is 26.3. The lowest BCUT2D eigenvalue weighted by Gasteiger charge is -2.32. The lowest BCUT2D eigenvalue weighted by molar-refractivity contribution is 0.0878. The van der Waals surface area contributed by atoms with E-state index in [-0.39, 0.29) is 18.2 Å². The maximum Gasteiger partial charge on any atom is 0.274 e. The van der Waals surface area contributed by atoms with Crippen molar-refractivity contribution in [1.82, 2.24) is 14.7 Å². The molecule has 2 aromatic carbocycles. The lowest BCUT2D eigenvalue weighted by Crippen LogP contribution is -2.40. The van der Waals surface area contributed by atoms with Gasteiger partial charge in [0.25, 0.3) is 5.56 Å². The predicted molar refractivity (Wildman–Crippen MR) is 125 cm³/mol. The predicted octanol–water partition coefficient (Wildman–Crippen LogP) is 1.78. The Hall–Kier alpha value is -2.74. The lowest BCUT2D eigenvalue weighted by atomic mass is 10.00. The number of nitrogens with zero attached hydrogens (tertiary/aromatic N) is 4. The van der Waals surface area contributed by atoms with Crippen molar-refractivity contribution in [3.63, 3.8) is 0 Å². The van der Waals surface area contributed by atoms with Gasteiger partial charge in [-0.15, -0.1) is 0 Å². The fourth-order valence-electron chi connectivity index (χ4n) is 4.96. The molecular weight excluding hydrogens is 404 g/mol. The van der Waals surface area contributed by atoms with E-state index >= 15 is 0 Å². The molecule has 0 radical (unpaired) electrons. The van der Waals surface area contributed by atoms with Crippen molar-refractivity contribution in [2.24, 2.45) is 0 Å². The summed E-state index contributed by atoms with van der Waals surface area (Å²) in [5.41, 5.74) is 3.50. The van der Waals surface area contributed by atoms with Gasteiger partial charge in [-0.3, -0.25) is 9.69 Å². The van der Waals surface area contributed by atoms with Crippen LogP contribution in [0.15, 0.2) is 53.5 Å². The second kappa shape index (κ2) is 9.02. The largest absolute Gasteiger partial charge is 0.391 e. The molecule has 2 aliphatic rings. The number of rotatable bonds is 5. The molecule has 1 unspecified atom stereocenters. The molecule has 1 aromatic heterocycles. The van der Waals surface area contributed by atoms with Crippen LogP contribution in [-0.2, 0) is 19.5 Å². The number of benzene rings is 2. The Labute approximate surface area is 187 Å². The first-order valence-electron chi connectivity index (χ1n) is 11.5. The van der Waals surface area contributed by atoms with Crippen LogP contribution in [0.25, 0.3) is 10.8 Å². The number of hydrogen-bond donors (Lipinski definition) is 2. The molecule has 0 bridgehead atoms. The van der Waals surface area contributed by atoms with Crippen LogP contribution in [0.4, 0.5) is 5.69 Å². The molecule has 168 valence electrons. The van der Waals surface area contributed by atoms with Crippen LogP contribution in [0.2, 0.25) is 0 Å². The highest BCUT2D eigenvalue weighted by atomic mass is 16.3. The first kappa shape index (κ1) is 21.1. The second-order valence-electron chi connectivity index (χ2n) is 9.05. The van der Waals surface area contributed by atoms with E-state index in [4.69, 9.17) is 0 Å². The van der Waals surface area contributed by atoms with E-state index in [1.807, 2.05) is 18.2 Å². The SMILES string of the molecule is O=c1c2ccc(N3CCCC(O)C3)cc2cnn1C[C@H](O)CN1CCc2ccccc2C1. The molecule has 0 aliphatic carbocycles. The second-order valence-corrected chi connectivity index (χ2v) is 9.05. The number of aromatic nitrogens is 2. The topological polar surface area (TPSA) is 81.8 Å². The van der Waals surface area contributed by atoms with Crippen molar-refractivity contribution >= 4 is 16.5 Å². The molecule has 2 atom stereocenters.